The fourth-order valence-electron chi connectivity index (χ4n) is 3.16. The van der Waals surface area contributed by atoms with Gasteiger partial charge in [0.1, 0.15) is 11.7 Å². The predicted molar refractivity (Wildman–Crippen MR) is 116 cm³/mol. The average Bonchev–Trinajstić information content (AvgIpc) is 3.18. The Morgan fingerprint density at radius 2 is 1.87 bits per heavy atom. The Kier molecular flexibility index (Phi) is 5.62. The van der Waals surface area contributed by atoms with Gasteiger partial charge in [-0.05, 0) is 42.3 Å². The molecule has 0 aliphatic rings. The zero-order chi connectivity index (χ0) is 21.8. The smallest absolute Gasteiger partial charge is 0.238 e. The molecule has 1 atom stereocenters. The highest BCUT2D eigenvalue weighted by Crippen LogP contribution is 2.23. The van der Waals surface area contributed by atoms with Crippen LogP contribution in [-0.4, -0.2) is 34.9 Å². The van der Waals surface area contributed by atoms with Crippen LogP contribution in [0.3, 0.4) is 0 Å². The van der Waals surface area contributed by atoms with E-state index < -0.39 is 15.9 Å². The van der Waals surface area contributed by atoms with Gasteiger partial charge in [0.2, 0.25) is 16.0 Å². The van der Waals surface area contributed by atoms with Crippen LogP contribution in [0, 0.1) is 11.3 Å². The van der Waals surface area contributed by atoms with Crippen molar-refractivity contribution in [3.05, 3.63) is 77.9 Å². The Balaban J connectivity index is 1.44. The first-order valence-electron chi connectivity index (χ1n) is 9.47. The first-order chi connectivity index (χ1) is 14.9. The van der Waals surface area contributed by atoms with Gasteiger partial charge in [-0.2, -0.15) is 5.26 Å². The number of hydrogen-bond donors (Lipinski definition) is 3. The highest BCUT2D eigenvalue weighted by atomic mass is 32.2. The van der Waals surface area contributed by atoms with Crippen molar-refractivity contribution in [1.82, 2.24) is 19.9 Å². The lowest BCUT2D eigenvalue weighted by Crippen LogP contribution is -2.12. The van der Waals surface area contributed by atoms with Gasteiger partial charge in [-0.3, -0.25) is 0 Å². The van der Waals surface area contributed by atoms with Gasteiger partial charge >= 0.3 is 0 Å². The fraction of sp³-hybridized carbons (Fsp3) is 0.143. The molecule has 0 saturated heterocycles. The molecule has 2 aromatic heterocycles. The molecular formula is C21H19N7O2S. The minimum atomic E-state index is -3.70. The Hall–Kier alpha value is -3.81. The van der Waals surface area contributed by atoms with Crippen molar-refractivity contribution in [2.24, 2.45) is 5.14 Å². The van der Waals surface area contributed by atoms with E-state index in [2.05, 4.69) is 31.3 Å². The van der Waals surface area contributed by atoms with Crippen LogP contribution >= 0.6 is 0 Å². The topological polar surface area (TPSA) is 150 Å². The van der Waals surface area contributed by atoms with Crippen molar-refractivity contribution in [3.63, 3.8) is 0 Å². The lowest BCUT2D eigenvalue weighted by atomic mass is 10.1. The van der Waals surface area contributed by atoms with Crippen molar-refractivity contribution in [2.75, 3.05) is 11.9 Å². The number of H-pyrrole nitrogens is 1. The predicted octanol–water partition coefficient (Wildman–Crippen LogP) is 2.31. The number of nitrogens with one attached hydrogen (secondary N) is 2. The number of hydrogen-bond acceptors (Lipinski definition) is 7. The number of nitrogens with zero attached hydrogens (tertiary/aromatic N) is 4. The molecule has 31 heavy (non-hydrogen) atoms. The molecule has 2 aromatic carbocycles. The number of sulfonamides is 1. The molecule has 156 valence electrons. The average molecular weight is 433 g/mol. The summed E-state index contributed by atoms with van der Waals surface area (Å²) in [5.41, 5.74) is 3.13. The molecule has 0 fully saturated rings. The number of benzene rings is 2. The highest BCUT2D eigenvalue weighted by molar-refractivity contribution is 7.89. The molecule has 0 amide bonds. The van der Waals surface area contributed by atoms with E-state index in [9.17, 15) is 13.7 Å². The van der Waals surface area contributed by atoms with E-state index in [0.29, 0.717) is 30.4 Å². The Morgan fingerprint density at radius 3 is 2.58 bits per heavy atom. The number of fused-ring (bicyclic) bond motifs is 1. The third-order valence-electron chi connectivity index (χ3n) is 4.73. The van der Waals surface area contributed by atoms with Gasteiger partial charge in [-0.1, -0.05) is 24.3 Å². The molecule has 0 aliphatic heterocycles. The first kappa shape index (κ1) is 20.5. The van der Waals surface area contributed by atoms with Gasteiger partial charge in [0, 0.05) is 12.7 Å². The number of imidazole rings is 1. The maximum atomic E-state index is 11.3. The highest BCUT2D eigenvalue weighted by Gasteiger charge is 2.19. The zero-order valence-electron chi connectivity index (χ0n) is 16.4. The molecule has 4 rings (SSSR count). The molecule has 0 spiro atoms. The summed E-state index contributed by atoms with van der Waals surface area (Å²) in [6.45, 7) is 0.528. The monoisotopic (exact) mass is 433 g/mol. The summed E-state index contributed by atoms with van der Waals surface area (Å²) >= 11 is 0. The number of anilines is 1. The van der Waals surface area contributed by atoms with E-state index in [-0.39, 0.29) is 4.90 Å². The molecule has 0 bridgehead atoms. The van der Waals surface area contributed by atoms with E-state index in [4.69, 9.17) is 5.14 Å². The van der Waals surface area contributed by atoms with Crippen LogP contribution in [-0.2, 0) is 16.4 Å². The summed E-state index contributed by atoms with van der Waals surface area (Å²) in [6, 6.07) is 17.9. The van der Waals surface area contributed by atoms with Crippen LogP contribution in [0.25, 0.3) is 11.0 Å². The number of aromatic nitrogens is 4. The minimum absolute atomic E-state index is 0.0772. The molecule has 1 unspecified atom stereocenters. The zero-order valence-corrected chi connectivity index (χ0v) is 17.2. The maximum Gasteiger partial charge on any atom is 0.238 e. The number of nitrogens with two attached hydrogens (primary N) is 1. The van der Waals surface area contributed by atoms with Crippen molar-refractivity contribution < 1.29 is 8.42 Å². The van der Waals surface area contributed by atoms with E-state index in [1.165, 1.54) is 12.1 Å². The molecule has 0 radical (unpaired) electrons. The Morgan fingerprint density at radius 1 is 1.10 bits per heavy atom. The summed E-state index contributed by atoms with van der Waals surface area (Å²) in [4.78, 5) is 16.4. The van der Waals surface area contributed by atoms with Crippen LogP contribution in [0.15, 0.2) is 65.7 Å². The van der Waals surface area contributed by atoms with Crippen LogP contribution < -0.4 is 10.5 Å². The molecular weight excluding hydrogens is 414 g/mol. The van der Waals surface area contributed by atoms with E-state index in [0.717, 1.165) is 16.6 Å². The second-order valence-electron chi connectivity index (χ2n) is 6.87. The molecule has 4 aromatic rings. The third-order valence-corrected chi connectivity index (χ3v) is 5.66. The first-order valence-corrected chi connectivity index (χ1v) is 11.0. The molecule has 0 aliphatic carbocycles. The van der Waals surface area contributed by atoms with Crippen molar-refractivity contribution in [3.8, 4) is 6.07 Å². The van der Waals surface area contributed by atoms with Gasteiger partial charge in [-0.25, -0.2) is 28.5 Å². The molecule has 4 N–H and O–H groups in total. The lowest BCUT2D eigenvalue weighted by Gasteiger charge is -2.09. The van der Waals surface area contributed by atoms with E-state index in [1.54, 1.807) is 24.4 Å². The second kappa shape index (κ2) is 8.51. The second-order valence-corrected chi connectivity index (χ2v) is 8.43. The normalized spacial score (nSPS) is 12.4. The quantitative estimate of drug-likeness (QED) is 0.404. The molecule has 9 nitrogen and oxygen atoms in total. The Labute approximate surface area is 179 Å². The van der Waals surface area contributed by atoms with Crippen LogP contribution in [0.2, 0.25) is 0 Å². The number of aromatic amines is 1. The summed E-state index contributed by atoms with van der Waals surface area (Å²) in [6.07, 6.45) is 2.22. The minimum Gasteiger partial charge on any atom is -0.354 e. The van der Waals surface area contributed by atoms with Crippen LogP contribution in [0.5, 0.6) is 0 Å². The van der Waals surface area contributed by atoms with Gasteiger partial charge < -0.3 is 10.3 Å². The summed E-state index contributed by atoms with van der Waals surface area (Å²) in [5.74, 6) is 0.278. The van der Waals surface area contributed by atoms with Gasteiger partial charge in [0.05, 0.1) is 27.7 Å². The van der Waals surface area contributed by atoms with Gasteiger partial charge in [0.15, 0.2) is 0 Å². The van der Waals surface area contributed by atoms with Crippen molar-refractivity contribution >= 4 is 27.0 Å². The molecule has 0 saturated carbocycles. The fourth-order valence-corrected chi connectivity index (χ4v) is 3.68. The standard InChI is InChI=1S/C21H19N7O2S/c22-13-16(20-26-18-3-1-2-4-19(18)27-20)17-10-12-25-21(28-17)24-11-9-14-5-7-15(8-6-14)31(23,29)30/h1-8,10,12,16H,9,11H2,(H,26,27)(H2,23,29,30)(H,24,25,28). The molecule has 10 heteroatoms. The third kappa shape index (κ3) is 4.69. The SMILES string of the molecule is N#CC(c1ccnc(NCCc2ccc(S(N)(=O)=O)cc2)n1)c1nc2ccccc2[nH]1. The van der Waals surface area contributed by atoms with E-state index in [1.807, 2.05) is 24.3 Å². The lowest BCUT2D eigenvalue weighted by molar-refractivity contribution is 0.598. The van der Waals surface area contributed by atoms with Crippen molar-refractivity contribution in [2.45, 2.75) is 17.2 Å². The van der Waals surface area contributed by atoms with E-state index >= 15 is 0 Å². The number of para-hydroxylation sites is 2. The Bertz CT molecular complexity index is 1330. The number of nitriles is 1. The van der Waals surface area contributed by atoms with Crippen molar-refractivity contribution in [1.29, 1.82) is 5.26 Å². The maximum absolute atomic E-state index is 11.3. The number of rotatable bonds is 7. The summed E-state index contributed by atoms with van der Waals surface area (Å²) in [7, 11) is -3.70. The summed E-state index contributed by atoms with van der Waals surface area (Å²) < 4.78 is 22.7. The summed E-state index contributed by atoms with van der Waals surface area (Å²) in [5, 5.41) is 18.0. The van der Waals surface area contributed by atoms with Crippen LogP contribution in [0.1, 0.15) is 23.0 Å². The van der Waals surface area contributed by atoms with Crippen LogP contribution in [0.4, 0.5) is 5.95 Å². The molecule has 2 heterocycles. The largest absolute Gasteiger partial charge is 0.354 e. The number of primary sulfonamides is 1. The van der Waals surface area contributed by atoms with Gasteiger partial charge in [-0.15, -0.1) is 0 Å². The van der Waals surface area contributed by atoms with Gasteiger partial charge in [0.25, 0.3) is 0 Å².